The molecule has 0 aliphatic heterocycles. The molecule has 1 unspecified atom stereocenters. The van der Waals surface area contributed by atoms with E-state index in [9.17, 15) is 40.7 Å². The molecule has 0 spiro atoms. The minimum absolute atomic E-state index is 0.0445. The molecule has 6 N–H and O–H groups in total. The van der Waals surface area contributed by atoms with Crippen molar-refractivity contribution in [2.24, 2.45) is 11.7 Å². The average Bonchev–Trinajstić information content (AvgIpc) is 2.59. The van der Waals surface area contributed by atoms with Gasteiger partial charge in [0.25, 0.3) is 0 Å². The Hall–Kier alpha value is -2.58. The first-order valence-electron chi connectivity index (χ1n) is 9.39. The summed E-state index contributed by atoms with van der Waals surface area (Å²) in [5, 5.41) is 14.0. The zero-order valence-corrected chi connectivity index (χ0v) is 17.6. The van der Waals surface area contributed by atoms with E-state index in [-0.39, 0.29) is 19.4 Å². The Kier molecular flexibility index (Phi) is 11.5. The Balaban J connectivity index is 5.40. The first kappa shape index (κ1) is 29.4. The van der Waals surface area contributed by atoms with Gasteiger partial charge in [-0.05, 0) is 18.8 Å². The van der Waals surface area contributed by atoms with E-state index in [1.165, 1.54) is 0 Å². The van der Waals surface area contributed by atoms with Crippen molar-refractivity contribution < 1.29 is 45.5 Å². The zero-order chi connectivity index (χ0) is 25.3. The number of carbonyl (C=O) groups is 3. The van der Waals surface area contributed by atoms with Crippen LogP contribution in [0.15, 0.2) is 0 Å². The maximum Gasteiger partial charge on any atom is 0.423 e. The minimum Gasteiger partial charge on any atom is -0.370 e. The lowest BCUT2D eigenvalue weighted by molar-refractivity contribution is -0.319. The lowest BCUT2D eigenvalue weighted by Gasteiger charge is -2.26. The summed E-state index contributed by atoms with van der Waals surface area (Å²) < 4.78 is 79.5. The number of hydrogen-bond donors (Lipinski definition) is 5. The van der Waals surface area contributed by atoms with Gasteiger partial charge in [0.2, 0.25) is 17.9 Å². The van der Waals surface area contributed by atoms with Gasteiger partial charge in [0.15, 0.2) is 11.7 Å². The highest BCUT2D eigenvalue weighted by Gasteiger charge is 2.58. The van der Waals surface area contributed by atoms with Gasteiger partial charge in [0.05, 0.1) is 6.04 Å². The highest BCUT2D eigenvalue weighted by Crippen LogP contribution is 2.35. The van der Waals surface area contributed by atoms with Gasteiger partial charge in [-0.15, -0.1) is 0 Å². The van der Waals surface area contributed by atoms with Crippen LogP contribution in [0.2, 0.25) is 0 Å². The fourth-order valence-electron chi connectivity index (χ4n) is 2.50. The van der Waals surface area contributed by atoms with Gasteiger partial charge in [0.1, 0.15) is 12.6 Å². The van der Waals surface area contributed by atoms with Crippen LogP contribution in [0.5, 0.6) is 0 Å². The molecule has 0 heterocycles. The van der Waals surface area contributed by atoms with Crippen molar-refractivity contribution in [3.05, 3.63) is 0 Å². The van der Waals surface area contributed by atoms with Crippen molar-refractivity contribution in [1.82, 2.24) is 16.0 Å². The third kappa shape index (κ3) is 11.2. The second kappa shape index (κ2) is 12.5. The smallest absolute Gasteiger partial charge is 0.370 e. The summed E-state index contributed by atoms with van der Waals surface area (Å²) in [6.45, 7) is 2.77. The molecule has 9 nitrogen and oxygen atoms in total. The lowest BCUT2D eigenvalue weighted by atomic mass is 10.0. The summed E-state index contributed by atoms with van der Waals surface area (Å²) in [6, 6.07) is -2.61. The number of guanidine groups is 1. The van der Waals surface area contributed by atoms with Crippen molar-refractivity contribution in [1.29, 1.82) is 5.41 Å². The topological polar surface area (TPSA) is 146 Å². The maximum atomic E-state index is 12.6. The van der Waals surface area contributed by atoms with Crippen molar-refractivity contribution in [3.8, 4) is 0 Å². The number of Topliss-reactive ketones (excluding diaryl/α,β-unsaturated/α-hetero) is 1. The van der Waals surface area contributed by atoms with Crippen LogP contribution >= 0.6 is 0 Å². The van der Waals surface area contributed by atoms with Crippen LogP contribution in [0.4, 0.5) is 26.3 Å². The SMILES string of the molecule is CC(=O)NC(C(=O)N[C@@H](CCCNC(=N)N)C(=O)COC(C(F)(F)F)C(F)(F)F)C(C)C. The second-order valence-electron chi connectivity index (χ2n) is 7.21. The summed E-state index contributed by atoms with van der Waals surface area (Å²) in [6.07, 6.45) is -15.9. The molecule has 0 bridgehead atoms. The van der Waals surface area contributed by atoms with E-state index in [1.807, 2.05) is 0 Å². The van der Waals surface area contributed by atoms with Gasteiger partial charge in [-0.3, -0.25) is 19.8 Å². The van der Waals surface area contributed by atoms with Crippen molar-refractivity contribution in [2.45, 2.75) is 64.2 Å². The normalized spacial score (nSPS) is 14.1. The van der Waals surface area contributed by atoms with Gasteiger partial charge < -0.3 is 26.4 Å². The summed E-state index contributed by atoms with van der Waals surface area (Å²) in [4.78, 5) is 36.1. The Bertz CT molecular complexity index is 655. The van der Waals surface area contributed by atoms with Gasteiger partial charge in [-0.1, -0.05) is 13.8 Å². The quantitative estimate of drug-likeness (QED) is 0.122. The fourth-order valence-corrected chi connectivity index (χ4v) is 2.50. The first-order valence-corrected chi connectivity index (χ1v) is 9.39. The number of ketones is 1. The molecule has 186 valence electrons. The summed E-state index contributed by atoms with van der Waals surface area (Å²) in [5.41, 5.74) is 5.09. The largest absolute Gasteiger partial charge is 0.423 e. The fraction of sp³-hybridized carbons (Fsp3) is 0.765. The highest BCUT2D eigenvalue weighted by atomic mass is 19.4. The van der Waals surface area contributed by atoms with E-state index in [1.54, 1.807) is 13.8 Å². The van der Waals surface area contributed by atoms with E-state index in [0.29, 0.717) is 0 Å². The Morgan fingerprint density at radius 2 is 1.56 bits per heavy atom. The van der Waals surface area contributed by atoms with E-state index >= 15 is 0 Å². The molecule has 0 aromatic heterocycles. The van der Waals surface area contributed by atoms with Crippen LogP contribution in [0.3, 0.4) is 0 Å². The van der Waals surface area contributed by atoms with Crippen molar-refractivity contribution >= 4 is 23.6 Å². The third-order valence-corrected chi connectivity index (χ3v) is 3.98. The Morgan fingerprint density at radius 1 is 1.03 bits per heavy atom. The standard InChI is InChI=1S/C17H27F6N5O4/c1-8(2)12(27-9(3)29)13(31)28-10(5-4-6-26-15(24)25)11(30)7-32-14(16(18,19)20)17(21,22)23/h8,10,12,14H,4-7H2,1-3H3,(H,27,29)(H,28,31)(H4,24,25,26)/t10-,12?/m0/s1. The molecule has 0 aromatic carbocycles. The molecule has 0 saturated heterocycles. The number of rotatable bonds is 12. The molecule has 0 saturated carbocycles. The van der Waals surface area contributed by atoms with E-state index in [4.69, 9.17) is 11.1 Å². The van der Waals surface area contributed by atoms with Crippen LogP contribution < -0.4 is 21.7 Å². The summed E-state index contributed by atoms with van der Waals surface area (Å²) in [5.74, 6) is -3.48. The molecule has 2 atom stereocenters. The van der Waals surface area contributed by atoms with E-state index in [2.05, 4.69) is 20.7 Å². The molecule has 0 aliphatic carbocycles. The summed E-state index contributed by atoms with van der Waals surface area (Å²) >= 11 is 0. The van der Waals surface area contributed by atoms with E-state index < -0.39 is 66.6 Å². The van der Waals surface area contributed by atoms with Gasteiger partial charge in [0, 0.05) is 13.5 Å². The highest BCUT2D eigenvalue weighted by molar-refractivity contribution is 5.93. The average molecular weight is 479 g/mol. The molecule has 0 aromatic rings. The number of hydrogen-bond acceptors (Lipinski definition) is 5. The number of nitrogens with one attached hydrogen (secondary N) is 4. The molecule has 15 heteroatoms. The lowest BCUT2D eigenvalue weighted by Crippen LogP contribution is -2.54. The predicted molar refractivity (Wildman–Crippen MR) is 100 cm³/mol. The van der Waals surface area contributed by atoms with Gasteiger partial charge >= 0.3 is 12.4 Å². The van der Waals surface area contributed by atoms with Crippen LogP contribution in [-0.2, 0) is 19.1 Å². The van der Waals surface area contributed by atoms with Crippen LogP contribution in [-0.4, -0.2) is 67.2 Å². The number of carbonyl (C=O) groups excluding carboxylic acids is 3. The molecular formula is C17H27F6N5O4. The Morgan fingerprint density at radius 3 is 1.97 bits per heavy atom. The van der Waals surface area contributed by atoms with Crippen LogP contribution in [0.25, 0.3) is 0 Å². The number of nitrogens with two attached hydrogens (primary N) is 1. The molecule has 32 heavy (non-hydrogen) atoms. The molecule has 0 radical (unpaired) electrons. The molecule has 0 fully saturated rings. The predicted octanol–water partition coefficient (Wildman–Crippen LogP) is 0.974. The van der Waals surface area contributed by atoms with Crippen LogP contribution in [0, 0.1) is 11.3 Å². The molecule has 0 aliphatic rings. The molecule has 2 amide bonds. The number of alkyl halides is 6. The summed E-state index contributed by atoms with van der Waals surface area (Å²) in [7, 11) is 0. The number of halogens is 6. The monoisotopic (exact) mass is 479 g/mol. The van der Waals surface area contributed by atoms with Gasteiger partial charge in [-0.25, -0.2) is 0 Å². The number of ether oxygens (including phenoxy) is 1. The number of amides is 2. The second-order valence-corrected chi connectivity index (χ2v) is 7.21. The van der Waals surface area contributed by atoms with Crippen molar-refractivity contribution in [2.75, 3.05) is 13.2 Å². The maximum absolute atomic E-state index is 12.6. The molecular weight excluding hydrogens is 452 g/mol. The van der Waals surface area contributed by atoms with Crippen molar-refractivity contribution in [3.63, 3.8) is 0 Å². The minimum atomic E-state index is -5.79. The zero-order valence-electron chi connectivity index (χ0n) is 17.6. The molecule has 0 rings (SSSR count). The third-order valence-electron chi connectivity index (χ3n) is 3.98. The van der Waals surface area contributed by atoms with E-state index in [0.717, 1.165) is 6.92 Å². The first-order chi connectivity index (χ1) is 14.5. The van der Waals surface area contributed by atoms with Crippen LogP contribution in [0.1, 0.15) is 33.6 Å². The van der Waals surface area contributed by atoms with Gasteiger partial charge in [-0.2, -0.15) is 26.3 Å². The Labute approximate surface area is 180 Å².